The van der Waals surface area contributed by atoms with Crippen molar-refractivity contribution in [3.05, 3.63) is 57.2 Å². The molecule has 0 radical (unpaired) electrons. The molecule has 0 saturated heterocycles. The van der Waals surface area contributed by atoms with Crippen LogP contribution in [0.25, 0.3) is 0 Å². The number of benzene rings is 1. The number of aromatic nitrogens is 1. The SMILES string of the molecule is Cc1ccc(C(NN)c2c(C)ccnc2N)c(Br)c1. The summed E-state index contributed by atoms with van der Waals surface area (Å²) in [5.41, 5.74) is 13.0. The minimum atomic E-state index is -0.191. The van der Waals surface area contributed by atoms with E-state index in [4.69, 9.17) is 11.6 Å². The van der Waals surface area contributed by atoms with Gasteiger partial charge in [0.25, 0.3) is 0 Å². The lowest BCUT2D eigenvalue weighted by molar-refractivity contribution is 0.631. The lowest BCUT2D eigenvalue weighted by atomic mass is 9.95. The number of hydrogen-bond donors (Lipinski definition) is 3. The lowest BCUT2D eigenvalue weighted by Crippen LogP contribution is -2.30. The highest BCUT2D eigenvalue weighted by Gasteiger charge is 2.20. The summed E-state index contributed by atoms with van der Waals surface area (Å²) in [4.78, 5) is 4.15. The zero-order valence-electron chi connectivity index (χ0n) is 10.9. The van der Waals surface area contributed by atoms with Crippen molar-refractivity contribution in [2.75, 3.05) is 5.73 Å². The normalized spacial score (nSPS) is 12.4. The zero-order valence-corrected chi connectivity index (χ0v) is 12.5. The summed E-state index contributed by atoms with van der Waals surface area (Å²) in [5.74, 6) is 6.22. The van der Waals surface area contributed by atoms with Gasteiger partial charge in [0.15, 0.2) is 0 Å². The Morgan fingerprint density at radius 3 is 2.58 bits per heavy atom. The van der Waals surface area contributed by atoms with Crippen molar-refractivity contribution in [3.63, 3.8) is 0 Å². The number of halogens is 1. The average Bonchev–Trinajstić information content (AvgIpc) is 2.35. The Balaban J connectivity index is 2.56. The van der Waals surface area contributed by atoms with Crippen LogP contribution in [0.4, 0.5) is 5.82 Å². The van der Waals surface area contributed by atoms with Crippen molar-refractivity contribution in [1.82, 2.24) is 10.4 Å². The van der Waals surface area contributed by atoms with Crippen LogP contribution in [-0.4, -0.2) is 4.98 Å². The number of nitrogens with one attached hydrogen (secondary N) is 1. The third-order valence-electron chi connectivity index (χ3n) is 3.16. The molecule has 1 aromatic carbocycles. The molecule has 1 heterocycles. The quantitative estimate of drug-likeness (QED) is 0.600. The van der Waals surface area contributed by atoms with E-state index in [0.717, 1.165) is 21.2 Å². The van der Waals surface area contributed by atoms with Crippen LogP contribution in [0.5, 0.6) is 0 Å². The second-order valence-electron chi connectivity index (χ2n) is 4.55. The molecule has 100 valence electrons. The molecule has 0 amide bonds. The van der Waals surface area contributed by atoms with Gasteiger partial charge in [-0.05, 0) is 42.7 Å². The van der Waals surface area contributed by atoms with Crippen molar-refractivity contribution >= 4 is 21.7 Å². The fraction of sp³-hybridized carbons (Fsp3) is 0.214. The van der Waals surface area contributed by atoms with E-state index in [1.54, 1.807) is 6.20 Å². The van der Waals surface area contributed by atoms with Gasteiger partial charge >= 0.3 is 0 Å². The van der Waals surface area contributed by atoms with Gasteiger partial charge in [-0.25, -0.2) is 10.4 Å². The highest BCUT2D eigenvalue weighted by atomic mass is 79.9. The molecule has 0 bridgehead atoms. The largest absolute Gasteiger partial charge is 0.383 e. The fourth-order valence-corrected chi connectivity index (χ4v) is 2.88. The second-order valence-corrected chi connectivity index (χ2v) is 5.41. The first-order valence-electron chi connectivity index (χ1n) is 5.97. The van der Waals surface area contributed by atoms with Gasteiger partial charge in [-0.3, -0.25) is 5.84 Å². The van der Waals surface area contributed by atoms with Crippen LogP contribution in [0, 0.1) is 13.8 Å². The molecule has 2 rings (SSSR count). The van der Waals surface area contributed by atoms with Crippen LogP contribution in [0.2, 0.25) is 0 Å². The molecule has 1 atom stereocenters. The third kappa shape index (κ3) is 2.78. The van der Waals surface area contributed by atoms with Gasteiger partial charge in [0.2, 0.25) is 0 Å². The highest BCUT2D eigenvalue weighted by Crippen LogP contribution is 2.32. The zero-order chi connectivity index (χ0) is 14.0. The number of nitrogens with zero attached hydrogens (tertiary/aromatic N) is 1. The molecule has 0 saturated carbocycles. The number of rotatable bonds is 3. The summed E-state index contributed by atoms with van der Waals surface area (Å²) in [5, 5.41) is 0. The standard InChI is InChI=1S/C14H17BrN4/c1-8-3-4-10(11(15)7-8)13(19-17)12-9(2)5-6-18-14(12)16/h3-7,13,19H,17H2,1-2H3,(H2,16,18). The molecule has 5 N–H and O–H groups in total. The Labute approximate surface area is 121 Å². The van der Waals surface area contributed by atoms with E-state index >= 15 is 0 Å². The predicted octanol–water partition coefficient (Wildman–Crippen LogP) is 2.60. The summed E-state index contributed by atoms with van der Waals surface area (Å²) < 4.78 is 0.998. The van der Waals surface area contributed by atoms with Crippen LogP contribution in [0.15, 0.2) is 34.9 Å². The summed E-state index contributed by atoms with van der Waals surface area (Å²) in [6.45, 7) is 4.04. The number of hydrazine groups is 1. The molecule has 1 aromatic heterocycles. The van der Waals surface area contributed by atoms with Crippen molar-refractivity contribution in [2.24, 2.45) is 5.84 Å². The van der Waals surface area contributed by atoms with Crippen LogP contribution in [0.1, 0.15) is 28.3 Å². The highest BCUT2D eigenvalue weighted by molar-refractivity contribution is 9.10. The van der Waals surface area contributed by atoms with Crippen molar-refractivity contribution in [1.29, 1.82) is 0 Å². The summed E-state index contributed by atoms with van der Waals surface area (Å²) in [7, 11) is 0. The maximum absolute atomic E-state index is 5.99. The minimum absolute atomic E-state index is 0.191. The third-order valence-corrected chi connectivity index (χ3v) is 3.85. The van der Waals surface area contributed by atoms with E-state index in [1.165, 1.54) is 5.56 Å². The fourth-order valence-electron chi connectivity index (χ4n) is 2.16. The Kier molecular flexibility index (Phi) is 4.19. The Morgan fingerprint density at radius 2 is 2.00 bits per heavy atom. The number of pyridine rings is 1. The van der Waals surface area contributed by atoms with Crippen LogP contribution in [0.3, 0.4) is 0 Å². The molecule has 0 aliphatic heterocycles. The van der Waals surface area contributed by atoms with Crippen molar-refractivity contribution in [3.8, 4) is 0 Å². The topological polar surface area (TPSA) is 77.0 Å². The first-order valence-corrected chi connectivity index (χ1v) is 6.77. The first-order chi connectivity index (χ1) is 9.04. The lowest BCUT2D eigenvalue weighted by Gasteiger charge is -2.21. The molecular formula is C14H17BrN4. The number of nitrogens with two attached hydrogens (primary N) is 2. The van der Waals surface area contributed by atoms with Gasteiger partial charge in [-0.15, -0.1) is 0 Å². The monoisotopic (exact) mass is 320 g/mol. The maximum Gasteiger partial charge on any atom is 0.128 e. The molecular weight excluding hydrogens is 304 g/mol. The molecule has 5 heteroatoms. The Morgan fingerprint density at radius 1 is 1.26 bits per heavy atom. The van der Waals surface area contributed by atoms with Gasteiger partial charge < -0.3 is 5.73 Å². The summed E-state index contributed by atoms with van der Waals surface area (Å²) >= 11 is 3.58. The number of hydrogen-bond acceptors (Lipinski definition) is 4. The minimum Gasteiger partial charge on any atom is -0.383 e. The van der Waals surface area contributed by atoms with E-state index in [2.05, 4.69) is 32.4 Å². The van der Waals surface area contributed by atoms with Crippen LogP contribution in [-0.2, 0) is 0 Å². The van der Waals surface area contributed by atoms with Gasteiger partial charge in [-0.2, -0.15) is 0 Å². The van der Waals surface area contributed by atoms with E-state index < -0.39 is 0 Å². The van der Waals surface area contributed by atoms with Gasteiger partial charge in [0.1, 0.15) is 5.82 Å². The smallest absolute Gasteiger partial charge is 0.128 e. The van der Waals surface area contributed by atoms with Crippen molar-refractivity contribution in [2.45, 2.75) is 19.9 Å². The summed E-state index contributed by atoms with van der Waals surface area (Å²) in [6, 6.07) is 7.88. The van der Waals surface area contributed by atoms with Gasteiger partial charge in [0, 0.05) is 16.2 Å². The van der Waals surface area contributed by atoms with E-state index in [1.807, 2.05) is 32.0 Å². The van der Waals surface area contributed by atoms with Crippen molar-refractivity contribution < 1.29 is 0 Å². The molecule has 4 nitrogen and oxygen atoms in total. The van der Waals surface area contributed by atoms with Gasteiger partial charge in [0.05, 0.1) is 6.04 Å². The Hall–Kier alpha value is -1.43. The number of aryl methyl sites for hydroxylation is 2. The summed E-state index contributed by atoms with van der Waals surface area (Å²) in [6.07, 6.45) is 1.70. The van der Waals surface area contributed by atoms with E-state index in [9.17, 15) is 0 Å². The molecule has 0 fully saturated rings. The Bertz CT molecular complexity index is 578. The molecule has 0 spiro atoms. The second kappa shape index (κ2) is 5.69. The first kappa shape index (κ1) is 14.0. The van der Waals surface area contributed by atoms with Crippen LogP contribution < -0.4 is 17.0 Å². The number of anilines is 1. The van der Waals surface area contributed by atoms with E-state index in [0.29, 0.717) is 5.82 Å². The molecule has 19 heavy (non-hydrogen) atoms. The number of nitrogen functional groups attached to an aromatic ring is 1. The molecule has 2 aromatic rings. The predicted molar refractivity (Wildman–Crippen MR) is 81.4 cm³/mol. The maximum atomic E-state index is 5.99. The molecule has 0 aliphatic carbocycles. The van der Waals surface area contributed by atoms with Crippen LogP contribution >= 0.6 is 15.9 Å². The molecule has 0 aliphatic rings. The van der Waals surface area contributed by atoms with E-state index in [-0.39, 0.29) is 6.04 Å². The molecule has 1 unspecified atom stereocenters. The average molecular weight is 321 g/mol. The van der Waals surface area contributed by atoms with Gasteiger partial charge in [-0.1, -0.05) is 28.1 Å².